The number of nitrogens with one attached hydrogen (secondary N) is 1. The molecule has 8 heteroatoms. The van der Waals surface area contributed by atoms with E-state index in [-0.39, 0.29) is 18.0 Å². The molecule has 2 aromatic heterocycles. The quantitative estimate of drug-likeness (QED) is 0.677. The highest BCUT2D eigenvalue weighted by Gasteiger charge is 2.29. The molecule has 28 heavy (non-hydrogen) atoms. The molecule has 144 valence electrons. The molecule has 1 fully saturated rings. The number of pyridine rings is 1. The minimum atomic E-state index is -0.337. The number of aromatic nitrogens is 3. The number of hydrogen-bond donors (Lipinski definition) is 1. The molecule has 0 atom stereocenters. The van der Waals surface area contributed by atoms with E-state index in [1.54, 1.807) is 30.5 Å². The lowest BCUT2D eigenvalue weighted by Gasteiger charge is -2.12. The van der Waals surface area contributed by atoms with Crippen molar-refractivity contribution in [2.24, 2.45) is 0 Å². The van der Waals surface area contributed by atoms with Gasteiger partial charge in [0.05, 0.1) is 17.9 Å². The van der Waals surface area contributed by atoms with Crippen molar-refractivity contribution in [1.82, 2.24) is 14.7 Å². The van der Waals surface area contributed by atoms with Gasteiger partial charge >= 0.3 is 0 Å². The van der Waals surface area contributed by atoms with Crippen LogP contribution in [0.2, 0.25) is 0 Å². The maximum absolute atomic E-state index is 12.5. The molecule has 0 radical (unpaired) electrons. The van der Waals surface area contributed by atoms with Gasteiger partial charge in [0, 0.05) is 18.2 Å². The molecular weight excluding hydrogens is 360 g/mol. The predicted octanol–water partition coefficient (Wildman–Crippen LogP) is 2.81. The summed E-state index contributed by atoms with van der Waals surface area (Å²) in [4.78, 5) is 29.0. The van der Waals surface area contributed by atoms with Gasteiger partial charge in [-0.05, 0) is 38.0 Å². The number of benzene rings is 1. The van der Waals surface area contributed by atoms with Crippen LogP contribution in [0.4, 0.5) is 5.69 Å². The van der Waals surface area contributed by atoms with Gasteiger partial charge < -0.3 is 19.1 Å². The van der Waals surface area contributed by atoms with Crippen LogP contribution in [0.15, 0.2) is 51.9 Å². The molecule has 3 aromatic rings. The van der Waals surface area contributed by atoms with Gasteiger partial charge in [-0.1, -0.05) is 17.3 Å². The number of carbonyl (C=O) groups excluding carboxylic acids is 1. The Morgan fingerprint density at radius 1 is 1.29 bits per heavy atom. The Morgan fingerprint density at radius 3 is 2.89 bits per heavy atom. The van der Waals surface area contributed by atoms with Crippen LogP contribution in [0.3, 0.4) is 0 Å². The topological polar surface area (TPSA) is 99.2 Å². The maximum atomic E-state index is 12.5. The van der Waals surface area contributed by atoms with E-state index in [1.807, 2.05) is 13.0 Å². The molecule has 4 rings (SSSR count). The molecule has 0 spiro atoms. The third-order valence-corrected chi connectivity index (χ3v) is 4.39. The van der Waals surface area contributed by atoms with E-state index in [2.05, 4.69) is 15.5 Å². The highest BCUT2D eigenvalue weighted by molar-refractivity contribution is 5.92. The van der Waals surface area contributed by atoms with Crippen LogP contribution in [0.5, 0.6) is 5.75 Å². The Bertz CT molecular complexity index is 1050. The number of rotatable bonds is 7. The lowest BCUT2D eigenvalue weighted by atomic mass is 10.2. The molecule has 1 aliphatic rings. The number of nitrogens with zero attached hydrogens (tertiary/aromatic N) is 3. The molecule has 0 aliphatic heterocycles. The first kappa shape index (κ1) is 18.0. The van der Waals surface area contributed by atoms with Crippen molar-refractivity contribution in [2.45, 2.75) is 32.2 Å². The number of ether oxygens (including phenoxy) is 1. The van der Waals surface area contributed by atoms with Crippen LogP contribution in [0.1, 0.15) is 31.5 Å². The van der Waals surface area contributed by atoms with Crippen molar-refractivity contribution in [1.29, 1.82) is 0 Å². The van der Waals surface area contributed by atoms with Crippen molar-refractivity contribution < 1.29 is 14.1 Å². The average molecular weight is 380 g/mol. The first-order valence-corrected chi connectivity index (χ1v) is 9.20. The normalized spacial score (nSPS) is 13.3. The van der Waals surface area contributed by atoms with E-state index in [1.165, 1.54) is 10.6 Å². The van der Waals surface area contributed by atoms with Crippen molar-refractivity contribution in [3.05, 3.63) is 58.8 Å². The number of carbonyl (C=O) groups is 1. The van der Waals surface area contributed by atoms with Crippen LogP contribution < -0.4 is 15.6 Å². The number of hydrogen-bond acceptors (Lipinski definition) is 6. The molecule has 0 bridgehead atoms. The fourth-order valence-electron chi connectivity index (χ4n) is 2.84. The minimum Gasteiger partial charge on any atom is -0.492 e. The standard InChI is InChI=1S/C20H20N4O4/c1-2-27-16-6-4-3-5-15(16)21-17(25)12-24-11-14(9-10-18(24)26)20-22-19(23-28-20)13-7-8-13/h3-6,9-11,13H,2,7-8,12H2,1H3,(H,21,25). The molecule has 0 saturated heterocycles. The molecule has 0 unspecified atom stereocenters. The van der Waals surface area contributed by atoms with Gasteiger partial charge in [-0.15, -0.1) is 0 Å². The molecule has 1 saturated carbocycles. The van der Waals surface area contributed by atoms with E-state index < -0.39 is 0 Å². The van der Waals surface area contributed by atoms with E-state index in [0.29, 0.717) is 41.2 Å². The highest BCUT2D eigenvalue weighted by atomic mass is 16.5. The largest absolute Gasteiger partial charge is 0.492 e. The summed E-state index contributed by atoms with van der Waals surface area (Å²) in [5.74, 6) is 1.66. The van der Waals surface area contributed by atoms with Crippen LogP contribution in [-0.4, -0.2) is 27.2 Å². The van der Waals surface area contributed by atoms with Gasteiger partial charge in [-0.25, -0.2) is 0 Å². The van der Waals surface area contributed by atoms with Gasteiger partial charge in [-0.2, -0.15) is 4.98 Å². The number of para-hydroxylation sites is 2. The Kier molecular flexibility index (Phi) is 4.92. The van der Waals surface area contributed by atoms with E-state index >= 15 is 0 Å². The molecule has 2 heterocycles. The van der Waals surface area contributed by atoms with Crippen molar-refractivity contribution >= 4 is 11.6 Å². The lowest BCUT2D eigenvalue weighted by Crippen LogP contribution is -2.27. The molecule has 1 amide bonds. The zero-order valence-electron chi connectivity index (χ0n) is 15.4. The van der Waals surface area contributed by atoms with Crippen LogP contribution in [0.25, 0.3) is 11.5 Å². The summed E-state index contributed by atoms with van der Waals surface area (Å²) < 4.78 is 12.1. The van der Waals surface area contributed by atoms with Crippen LogP contribution in [0, 0.1) is 0 Å². The summed E-state index contributed by atoms with van der Waals surface area (Å²) in [6.45, 7) is 2.22. The van der Waals surface area contributed by atoms with Crippen LogP contribution in [-0.2, 0) is 11.3 Å². The van der Waals surface area contributed by atoms with Crippen molar-refractivity contribution in [3.8, 4) is 17.2 Å². The molecule has 1 N–H and O–H groups in total. The smallest absolute Gasteiger partial charge is 0.259 e. The second-order valence-corrected chi connectivity index (χ2v) is 6.59. The highest BCUT2D eigenvalue weighted by Crippen LogP contribution is 2.38. The van der Waals surface area contributed by atoms with Gasteiger partial charge in [0.25, 0.3) is 11.4 Å². The zero-order chi connectivity index (χ0) is 19.5. The monoisotopic (exact) mass is 380 g/mol. The first-order chi connectivity index (χ1) is 13.6. The van der Waals surface area contributed by atoms with E-state index in [4.69, 9.17) is 9.26 Å². The van der Waals surface area contributed by atoms with E-state index in [0.717, 1.165) is 12.8 Å². The second-order valence-electron chi connectivity index (χ2n) is 6.59. The second kappa shape index (κ2) is 7.67. The van der Waals surface area contributed by atoms with Gasteiger partial charge in [-0.3, -0.25) is 9.59 Å². The summed E-state index contributed by atoms with van der Waals surface area (Å²) in [6.07, 6.45) is 3.70. The summed E-state index contributed by atoms with van der Waals surface area (Å²) >= 11 is 0. The Balaban J connectivity index is 1.51. The van der Waals surface area contributed by atoms with E-state index in [9.17, 15) is 9.59 Å². The predicted molar refractivity (Wildman–Crippen MR) is 102 cm³/mol. The first-order valence-electron chi connectivity index (χ1n) is 9.20. The van der Waals surface area contributed by atoms with Crippen molar-refractivity contribution in [3.63, 3.8) is 0 Å². The molecule has 1 aromatic carbocycles. The Morgan fingerprint density at radius 2 is 2.11 bits per heavy atom. The third-order valence-electron chi connectivity index (χ3n) is 4.39. The molecule has 1 aliphatic carbocycles. The summed E-state index contributed by atoms with van der Waals surface area (Å²) in [6, 6.07) is 10.2. The summed E-state index contributed by atoms with van der Waals surface area (Å²) in [7, 11) is 0. The SMILES string of the molecule is CCOc1ccccc1NC(=O)Cn1cc(-c2nc(C3CC3)no2)ccc1=O. The van der Waals surface area contributed by atoms with Crippen molar-refractivity contribution in [2.75, 3.05) is 11.9 Å². The van der Waals surface area contributed by atoms with Gasteiger partial charge in [0.15, 0.2) is 5.82 Å². The van der Waals surface area contributed by atoms with Gasteiger partial charge in [0.2, 0.25) is 5.91 Å². The average Bonchev–Trinajstić information content (AvgIpc) is 3.42. The number of amides is 1. The summed E-state index contributed by atoms with van der Waals surface area (Å²) in [5.41, 5.74) is 0.866. The Labute approximate surface area is 161 Å². The molecular formula is C20H20N4O4. The van der Waals surface area contributed by atoms with Crippen LogP contribution >= 0.6 is 0 Å². The lowest BCUT2D eigenvalue weighted by molar-refractivity contribution is -0.116. The summed E-state index contributed by atoms with van der Waals surface area (Å²) in [5, 5.41) is 6.77. The fourth-order valence-corrected chi connectivity index (χ4v) is 2.84. The number of anilines is 1. The van der Waals surface area contributed by atoms with Gasteiger partial charge in [0.1, 0.15) is 12.3 Å². The Hall–Kier alpha value is -3.42. The third kappa shape index (κ3) is 3.95. The molecule has 8 nitrogen and oxygen atoms in total. The minimum absolute atomic E-state index is 0.142. The maximum Gasteiger partial charge on any atom is 0.259 e. The fraction of sp³-hybridized carbons (Fsp3) is 0.300. The zero-order valence-corrected chi connectivity index (χ0v) is 15.4.